The van der Waals surface area contributed by atoms with Gasteiger partial charge in [-0.2, -0.15) is 5.26 Å². The minimum Gasteiger partial charge on any atom is -0.487 e. The number of benzene rings is 3. The average Bonchev–Trinajstić information content (AvgIpc) is 3.07. The number of carbonyl (C=O) groups excluding carboxylic acids is 2. The van der Waals surface area contributed by atoms with E-state index >= 15 is 0 Å². The van der Waals surface area contributed by atoms with Crippen LogP contribution in [-0.2, 0) is 17.9 Å². The van der Waals surface area contributed by atoms with Gasteiger partial charge in [0.25, 0.3) is 11.1 Å². The first-order chi connectivity index (χ1) is 16.4. The molecule has 0 spiro atoms. The number of halogens is 3. The van der Waals surface area contributed by atoms with Crippen LogP contribution in [0.2, 0.25) is 0 Å². The Bertz CT molecular complexity index is 1330. The van der Waals surface area contributed by atoms with E-state index in [1.807, 2.05) is 36.4 Å². The van der Waals surface area contributed by atoms with Crippen molar-refractivity contribution in [1.29, 1.82) is 5.26 Å². The van der Waals surface area contributed by atoms with Crippen LogP contribution in [0.5, 0.6) is 5.75 Å². The zero-order valence-corrected chi connectivity index (χ0v) is 24.1. The van der Waals surface area contributed by atoms with Crippen molar-refractivity contribution >= 4 is 90.1 Å². The molecule has 1 aliphatic heterocycles. The first-order valence-corrected chi connectivity index (χ1v) is 13.7. The Morgan fingerprint density at radius 1 is 1.06 bits per heavy atom. The summed E-state index contributed by atoms with van der Waals surface area (Å²) in [6.45, 7) is 0.519. The fraction of sp³-hybridized carbons (Fsp3) is 0.0800. The van der Waals surface area contributed by atoms with E-state index in [-0.39, 0.29) is 17.7 Å². The summed E-state index contributed by atoms with van der Waals surface area (Å²) in [5, 5.41) is 8.95. The Labute approximate surface area is 237 Å². The zero-order valence-electron chi connectivity index (χ0n) is 17.4. The molecular formula is C25H15BrI2N2O3S. The lowest BCUT2D eigenvalue weighted by atomic mass is 10.1. The van der Waals surface area contributed by atoms with Gasteiger partial charge in [0, 0.05) is 4.47 Å². The van der Waals surface area contributed by atoms with Crippen LogP contribution < -0.4 is 4.74 Å². The van der Waals surface area contributed by atoms with Crippen LogP contribution in [0.3, 0.4) is 0 Å². The van der Waals surface area contributed by atoms with E-state index in [1.54, 1.807) is 30.3 Å². The molecule has 2 amide bonds. The third-order valence-corrected chi connectivity index (χ3v) is 7.99. The third kappa shape index (κ3) is 5.84. The van der Waals surface area contributed by atoms with Crippen molar-refractivity contribution in [3.63, 3.8) is 0 Å². The Hall–Kier alpha value is -1.88. The van der Waals surface area contributed by atoms with Gasteiger partial charge in [0.15, 0.2) is 0 Å². The van der Waals surface area contributed by atoms with E-state index in [9.17, 15) is 14.9 Å². The maximum atomic E-state index is 12.9. The van der Waals surface area contributed by atoms with Gasteiger partial charge in [0.2, 0.25) is 0 Å². The minimum absolute atomic E-state index is 0.0731. The third-order valence-electron chi connectivity index (χ3n) is 4.95. The molecule has 0 aliphatic carbocycles. The van der Waals surface area contributed by atoms with Crippen LogP contribution in [0.25, 0.3) is 6.08 Å². The number of hydrogen-bond donors (Lipinski definition) is 0. The lowest BCUT2D eigenvalue weighted by Crippen LogP contribution is -2.27. The number of nitrogens with zero attached hydrogens (tertiary/aromatic N) is 2. The Kier molecular flexibility index (Phi) is 8.34. The summed E-state index contributed by atoms with van der Waals surface area (Å²) in [7, 11) is 0. The molecule has 34 heavy (non-hydrogen) atoms. The number of amides is 2. The summed E-state index contributed by atoms with van der Waals surface area (Å²) in [5.74, 6) is 0.422. The molecule has 1 saturated heterocycles. The van der Waals surface area contributed by atoms with Gasteiger partial charge < -0.3 is 4.74 Å². The number of ether oxygens (including phenoxy) is 1. The topological polar surface area (TPSA) is 70.4 Å². The molecule has 170 valence electrons. The molecule has 1 fully saturated rings. The predicted molar refractivity (Wildman–Crippen MR) is 153 cm³/mol. The minimum atomic E-state index is -0.358. The molecule has 3 aromatic carbocycles. The highest BCUT2D eigenvalue weighted by Gasteiger charge is 2.35. The molecule has 0 aromatic heterocycles. The van der Waals surface area contributed by atoms with Gasteiger partial charge in [0.05, 0.1) is 30.2 Å². The van der Waals surface area contributed by atoms with Crippen molar-refractivity contribution in [3.05, 3.63) is 99.4 Å². The second kappa shape index (κ2) is 11.2. The number of rotatable bonds is 6. The molecular weight excluding hydrogens is 742 g/mol. The maximum absolute atomic E-state index is 12.9. The highest BCUT2D eigenvalue weighted by Crippen LogP contribution is 2.36. The van der Waals surface area contributed by atoms with Crippen LogP contribution in [0, 0.1) is 18.5 Å². The molecule has 0 N–H and O–H groups in total. The van der Waals surface area contributed by atoms with Gasteiger partial charge in [-0.1, -0.05) is 46.3 Å². The van der Waals surface area contributed by atoms with Crippen molar-refractivity contribution in [1.82, 2.24) is 4.90 Å². The second-order valence-corrected chi connectivity index (χ2v) is 11.5. The maximum Gasteiger partial charge on any atom is 0.293 e. The summed E-state index contributed by atoms with van der Waals surface area (Å²) in [4.78, 5) is 27.0. The molecule has 9 heteroatoms. The lowest BCUT2D eigenvalue weighted by Gasteiger charge is -2.13. The molecule has 1 heterocycles. The number of nitriles is 1. The second-order valence-electron chi connectivity index (χ2n) is 7.27. The predicted octanol–water partition coefficient (Wildman–Crippen LogP) is 7.35. The monoisotopic (exact) mass is 756 g/mol. The molecule has 4 rings (SSSR count). The summed E-state index contributed by atoms with van der Waals surface area (Å²) in [6, 6.07) is 20.9. The Morgan fingerprint density at radius 2 is 1.74 bits per heavy atom. The molecule has 0 saturated carbocycles. The fourth-order valence-corrected chi connectivity index (χ4v) is 6.49. The molecule has 0 atom stereocenters. The lowest BCUT2D eigenvalue weighted by molar-refractivity contribution is -0.123. The van der Waals surface area contributed by atoms with Crippen molar-refractivity contribution in [3.8, 4) is 11.8 Å². The molecule has 3 aromatic rings. The smallest absolute Gasteiger partial charge is 0.293 e. The van der Waals surface area contributed by atoms with Gasteiger partial charge in [0.1, 0.15) is 12.4 Å². The first kappa shape index (κ1) is 25.2. The normalized spacial score (nSPS) is 14.5. The van der Waals surface area contributed by atoms with E-state index in [0.29, 0.717) is 22.6 Å². The molecule has 0 radical (unpaired) electrons. The van der Waals surface area contributed by atoms with Crippen LogP contribution in [0.15, 0.2) is 70.0 Å². The van der Waals surface area contributed by atoms with Gasteiger partial charge in [-0.25, -0.2) is 0 Å². The Balaban J connectivity index is 1.51. The van der Waals surface area contributed by atoms with Crippen LogP contribution in [0.4, 0.5) is 4.79 Å². The van der Waals surface area contributed by atoms with Gasteiger partial charge in [-0.05, 0) is 110 Å². The summed E-state index contributed by atoms with van der Waals surface area (Å²) in [5.41, 5.74) is 2.97. The van der Waals surface area contributed by atoms with Crippen LogP contribution >= 0.6 is 72.9 Å². The van der Waals surface area contributed by atoms with Crippen LogP contribution in [0.1, 0.15) is 22.3 Å². The number of hydrogen-bond acceptors (Lipinski definition) is 5. The highest BCUT2D eigenvalue weighted by molar-refractivity contribution is 14.1. The number of thioether (sulfide) groups is 1. The molecule has 5 nitrogen and oxygen atoms in total. The van der Waals surface area contributed by atoms with E-state index in [2.05, 4.69) is 67.2 Å². The summed E-state index contributed by atoms with van der Waals surface area (Å²) >= 11 is 8.77. The van der Waals surface area contributed by atoms with E-state index < -0.39 is 0 Å². The van der Waals surface area contributed by atoms with Crippen molar-refractivity contribution in [2.24, 2.45) is 0 Å². The van der Waals surface area contributed by atoms with Crippen molar-refractivity contribution in [2.45, 2.75) is 13.2 Å². The van der Waals surface area contributed by atoms with Gasteiger partial charge in [-0.15, -0.1) is 0 Å². The number of imide groups is 1. The largest absolute Gasteiger partial charge is 0.487 e. The SMILES string of the molecule is N#Cc1ccccc1CN1C(=O)S/C(=C/c2cc(I)c(OCc3ccc(Br)cc3)c(I)c2)C1=O. The molecule has 1 aliphatic rings. The van der Waals surface area contributed by atoms with E-state index in [0.717, 1.165) is 40.3 Å². The van der Waals surface area contributed by atoms with Gasteiger partial charge >= 0.3 is 0 Å². The highest BCUT2D eigenvalue weighted by atomic mass is 127. The molecule has 0 unspecified atom stereocenters. The quantitative estimate of drug-likeness (QED) is 0.195. The van der Waals surface area contributed by atoms with E-state index in [4.69, 9.17) is 4.74 Å². The summed E-state index contributed by atoms with van der Waals surface area (Å²) < 4.78 is 8.89. The Morgan fingerprint density at radius 3 is 2.41 bits per heavy atom. The van der Waals surface area contributed by atoms with Crippen molar-refractivity contribution in [2.75, 3.05) is 0 Å². The number of carbonyl (C=O) groups is 2. The van der Waals surface area contributed by atoms with E-state index in [1.165, 1.54) is 4.90 Å². The first-order valence-electron chi connectivity index (χ1n) is 9.95. The zero-order chi connectivity index (χ0) is 24.2. The molecule has 0 bridgehead atoms. The standard InChI is InChI=1S/C25H15BrI2N2O3S/c26-19-7-5-15(6-8-19)14-33-23-20(27)9-16(10-21(23)28)11-22-24(31)30(25(32)34-22)13-18-4-2-1-3-17(18)12-29/h1-11H,13-14H2/b22-11+. The van der Waals surface area contributed by atoms with Crippen molar-refractivity contribution < 1.29 is 14.3 Å². The summed E-state index contributed by atoms with van der Waals surface area (Å²) in [6.07, 6.45) is 1.73. The average molecular weight is 757 g/mol. The fourth-order valence-electron chi connectivity index (χ4n) is 3.26. The van der Waals surface area contributed by atoms with Gasteiger partial charge in [-0.3, -0.25) is 14.5 Å². The van der Waals surface area contributed by atoms with Crippen LogP contribution in [-0.4, -0.2) is 16.0 Å².